The van der Waals surface area contributed by atoms with Gasteiger partial charge in [0.1, 0.15) is 11.6 Å². The van der Waals surface area contributed by atoms with Crippen LogP contribution in [0.5, 0.6) is 5.75 Å². The van der Waals surface area contributed by atoms with E-state index in [1.165, 1.54) is 12.8 Å². The van der Waals surface area contributed by atoms with Gasteiger partial charge in [-0.05, 0) is 46.5 Å². The van der Waals surface area contributed by atoms with E-state index < -0.39 is 0 Å². The normalized spacial score (nSPS) is 13.5. The number of aromatic amines is 1. The van der Waals surface area contributed by atoms with Crippen molar-refractivity contribution in [3.05, 3.63) is 52.3 Å². The van der Waals surface area contributed by atoms with E-state index in [0.29, 0.717) is 24.2 Å². The molecule has 0 saturated heterocycles. The zero-order valence-electron chi connectivity index (χ0n) is 14.3. The Balaban J connectivity index is 1.44. The average Bonchev–Trinajstić information content (AvgIpc) is 3.42. The zero-order chi connectivity index (χ0) is 17.9. The fraction of sp³-hybridized carbons (Fsp3) is 0.278. The van der Waals surface area contributed by atoms with E-state index in [0.717, 1.165) is 27.3 Å². The first-order valence-corrected chi connectivity index (χ1v) is 9.22. The summed E-state index contributed by atoms with van der Waals surface area (Å²) in [5.41, 5.74) is 2.20. The largest absolute Gasteiger partial charge is 0.497 e. The van der Waals surface area contributed by atoms with Gasteiger partial charge in [-0.15, -0.1) is 0 Å². The maximum Gasteiger partial charge on any atom is 0.224 e. The Hall–Kier alpha value is -2.61. The first kappa shape index (κ1) is 16.8. The Bertz CT molecular complexity index is 908. The van der Waals surface area contributed by atoms with Gasteiger partial charge >= 0.3 is 0 Å². The SMILES string of the molecule is COc1cccc(CNc2ncc(Br)c(Nc3cc(C4CC4)n[nH]3)n2)c1. The van der Waals surface area contributed by atoms with E-state index >= 15 is 0 Å². The van der Waals surface area contributed by atoms with Gasteiger partial charge in [-0.3, -0.25) is 5.10 Å². The monoisotopic (exact) mass is 414 g/mol. The second kappa shape index (κ2) is 7.33. The molecule has 26 heavy (non-hydrogen) atoms. The van der Waals surface area contributed by atoms with Gasteiger partial charge in [0.25, 0.3) is 0 Å². The van der Waals surface area contributed by atoms with E-state index in [9.17, 15) is 0 Å². The lowest BCUT2D eigenvalue weighted by atomic mass is 10.2. The minimum atomic E-state index is 0.542. The Morgan fingerprint density at radius 1 is 1.31 bits per heavy atom. The Labute approximate surface area is 159 Å². The highest BCUT2D eigenvalue weighted by molar-refractivity contribution is 9.10. The molecule has 1 aromatic carbocycles. The fourth-order valence-corrected chi connectivity index (χ4v) is 2.91. The number of rotatable bonds is 7. The molecule has 1 saturated carbocycles. The molecule has 0 atom stereocenters. The molecule has 0 aliphatic heterocycles. The number of ether oxygens (including phenoxy) is 1. The molecule has 1 aliphatic rings. The van der Waals surface area contributed by atoms with Crippen molar-refractivity contribution in [2.45, 2.75) is 25.3 Å². The van der Waals surface area contributed by atoms with Crippen LogP contribution < -0.4 is 15.4 Å². The number of nitrogens with one attached hydrogen (secondary N) is 3. The van der Waals surface area contributed by atoms with Gasteiger partial charge in [0.05, 0.1) is 17.3 Å². The lowest BCUT2D eigenvalue weighted by molar-refractivity contribution is 0.414. The molecular weight excluding hydrogens is 396 g/mol. The maximum atomic E-state index is 5.25. The van der Waals surface area contributed by atoms with Crippen LogP contribution in [0, 0.1) is 0 Å². The summed E-state index contributed by atoms with van der Waals surface area (Å²) in [7, 11) is 1.66. The summed E-state index contributed by atoms with van der Waals surface area (Å²) in [5, 5.41) is 13.9. The van der Waals surface area contributed by atoms with Gasteiger partial charge in [0, 0.05) is 24.7 Å². The van der Waals surface area contributed by atoms with E-state index in [1.807, 2.05) is 30.3 Å². The molecular formula is C18H19BrN6O. The van der Waals surface area contributed by atoms with Gasteiger partial charge in [-0.25, -0.2) is 4.98 Å². The van der Waals surface area contributed by atoms with E-state index in [4.69, 9.17) is 4.74 Å². The fourth-order valence-electron chi connectivity index (χ4n) is 2.62. The number of H-pyrrole nitrogens is 1. The number of methoxy groups -OCH3 is 1. The number of benzene rings is 1. The van der Waals surface area contributed by atoms with Crippen LogP contribution in [0.4, 0.5) is 17.6 Å². The molecule has 134 valence electrons. The van der Waals surface area contributed by atoms with Crippen LogP contribution in [0.1, 0.15) is 30.0 Å². The second-order valence-corrected chi connectivity index (χ2v) is 7.06. The summed E-state index contributed by atoms with van der Waals surface area (Å²) in [6, 6.07) is 9.92. The van der Waals surface area contributed by atoms with Crippen molar-refractivity contribution in [3.63, 3.8) is 0 Å². The van der Waals surface area contributed by atoms with Crippen molar-refractivity contribution >= 4 is 33.5 Å². The van der Waals surface area contributed by atoms with Crippen molar-refractivity contribution in [1.82, 2.24) is 20.2 Å². The zero-order valence-corrected chi connectivity index (χ0v) is 15.9. The van der Waals surface area contributed by atoms with Gasteiger partial charge in [-0.1, -0.05) is 12.1 Å². The molecule has 0 bridgehead atoms. The molecule has 0 spiro atoms. The van der Waals surface area contributed by atoms with Gasteiger partial charge < -0.3 is 15.4 Å². The van der Waals surface area contributed by atoms with Gasteiger partial charge in [-0.2, -0.15) is 10.1 Å². The Morgan fingerprint density at radius 2 is 2.19 bits per heavy atom. The summed E-state index contributed by atoms with van der Waals surface area (Å²) in [6.07, 6.45) is 4.17. The molecule has 1 fully saturated rings. The number of nitrogens with zero attached hydrogens (tertiary/aromatic N) is 3. The van der Waals surface area contributed by atoms with Crippen LogP contribution in [0.3, 0.4) is 0 Å². The number of hydrogen-bond acceptors (Lipinski definition) is 6. The lowest BCUT2D eigenvalue weighted by Crippen LogP contribution is -2.06. The maximum absolute atomic E-state index is 5.25. The van der Waals surface area contributed by atoms with Crippen LogP contribution >= 0.6 is 15.9 Å². The van der Waals surface area contributed by atoms with Crippen molar-refractivity contribution in [2.75, 3.05) is 17.7 Å². The van der Waals surface area contributed by atoms with Gasteiger partial charge in [0.15, 0.2) is 5.82 Å². The van der Waals surface area contributed by atoms with Crippen molar-refractivity contribution in [1.29, 1.82) is 0 Å². The van der Waals surface area contributed by atoms with Crippen molar-refractivity contribution < 1.29 is 4.74 Å². The van der Waals surface area contributed by atoms with E-state index in [2.05, 4.69) is 46.7 Å². The summed E-state index contributed by atoms with van der Waals surface area (Å²) in [6.45, 7) is 0.605. The standard InChI is InChI=1S/C18H19BrN6O/c1-26-13-4-2-3-11(7-13)9-20-18-21-10-14(19)17(23-18)22-16-8-15(24-25-16)12-5-6-12/h2-4,7-8,10,12H,5-6,9H2,1H3,(H3,20,21,22,23,24,25). The molecule has 0 radical (unpaired) electrons. The summed E-state index contributed by atoms with van der Waals surface area (Å²) < 4.78 is 6.03. The third-order valence-electron chi connectivity index (χ3n) is 4.18. The predicted octanol–water partition coefficient (Wildman–Crippen LogP) is 4.20. The highest BCUT2D eigenvalue weighted by Crippen LogP contribution is 2.39. The third kappa shape index (κ3) is 3.96. The lowest BCUT2D eigenvalue weighted by Gasteiger charge is -2.09. The van der Waals surface area contributed by atoms with Gasteiger partial charge in [0.2, 0.25) is 5.95 Å². The molecule has 3 aromatic rings. The molecule has 0 amide bonds. The topological polar surface area (TPSA) is 87.8 Å². The molecule has 3 N–H and O–H groups in total. The molecule has 2 heterocycles. The van der Waals surface area contributed by atoms with Crippen LogP contribution in [0.2, 0.25) is 0 Å². The molecule has 8 heteroatoms. The number of anilines is 3. The minimum Gasteiger partial charge on any atom is -0.497 e. The highest BCUT2D eigenvalue weighted by Gasteiger charge is 2.26. The Kier molecular flexibility index (Phi) is 4.75. The van der Waals surface area contributed by atoms with Crippen LogP contribution in [0.15, 0.2) is 41.0 Å². The average molecular weight is 415 g/mol. The van der Waals surface area contributed by atoms with Crippen molar-refractivity contribution in [3.8, 4) is 5.75 Å². The highest BCUT2D eigenvalue weighted by atomic mass is 79.9. The summed E-state index contributed by atoms with van der Waals surface area (Å²) >= 11 is 3.48. The van der Waals surface area contributed by atoms with Crippen molar-refractivity contribution in [2.24, 2.45) is 0 Å². The Morgan fingerprint density at radius 3 is 3.00 bits per heavy atom. The molecule has 2 aromatic heterocycles. The van der Waals surface area contributed by atoms with E-state index in [-0.39, 0.29) is 0 Å². The molecule has 4 rings (SSSR count). The van der Waals surface area contributed by atoms with Crippen LogP contribution in [0.25, 0.3) is 0 Å². The first-order chi connectivity index (χ1) is 12.7. The third-order valence-corrected chi connectivity index (χ3v) is 4.76. The van der Waals surface area contributed by atoms with Crippen LogP contribution in [-0.4, -0.2) is 27.3 Å². The summed E-state index contributed by atoms with van der Waals surface area (Å²) in [4.78, 5) is 8.85. The smallest absolute Gasteiger partial charge is 0.224 e. The quantitative estimate of drug-likeness (QED) is 0.536. The molecule has 1 aliphatic carbocycles. The van der Waals surface area contributed by atoms with Crippen LogP contribution in [-0.2, 0) is 6.54 Å². The molecule has 7 nitrogen and oxygen atoms in total. The second-order valence-electron chi connectivity index (χ2n) is 6.20. The minimum absolute atomic E-state index is 0.542. The number of hydrogen-bond donors (Lipinski definition) is 3. The number of aromatic nitrogens is 4. The van der Waals surface area contributed by atoms with E-state index in [1.54, 1.807) is 13.3 Å². The number of halogens is 1. The molecule has 0 unspecified atom stereocenters. The summed E-state index contributed by atoms with van der Waals surface area (Å²) in [5.74, 6) is 3.48. The first-order valence-electron chi connectivity index (χ1n) is 8.43. The predicted molar refractivity (Wildman–Crippen MR) is 104 cm³/mol.